The van der Waals surface area contributed by atoms with E-state index in [9.17, 15) is 9.59 Å². The molecule has 0 radical (unpaired) electrons. The van der Waals surface area contributed by atoms with E-state index in [-0.39, 0.29) is 5.91 Å². The number of carbonyl (C=O) groups is 2. The first-order chi connectivity index (χ1) is 15.0. The third kappa shape index (κ3) is 7.01. The number of carboxylic acid groups (broad SMARTS) is 1. The zero-order valence-electron chi connectivity index (χ0n) is 16.9. The third-order valence-electron chi connectivity index (χ3n) is 4.26. The maximum absolute atomic E-state index is 12.2. The van der Waals surface area contributed by atoms with Gasteiger partial charge in [0, 0.05) is 5.56 Å². The van der Waals surface area contributed by atoms with Crippen molar-refractivity contribution >= 4 is 18.1 Å². The molecule has 0 saturated carbocycles. The van der Waals surface area contributed by atoms with Crippen LogP contribution >= 0.6 is 0 Å². The summed E-state index contributed by atoms with van der Waals surface area (Å²) in [6, 6.07) is 21.6. The summed E-state index contributed by atoms with van der Waals surface area (Å²) >= 11 is 0. The Kier molecular flexibility index (Phi) is 7.37. The first-order valence-electron chi connectivity index (χ1n) is 9.56. The Morgan fingerprint density at radius 1 is 0.903 bits per heavy atom. The van der Waals surface area contributed by atoms with Gasteiger partial charge < -0.3 is 14.6 Å². The van der Waals surface area contributed by atoms with Gasteiger partial charge in [0.1, 0.15) is 18.1 Å². The van der Waals surface area contributed by atoms with Crippen molar-refractivity contribution in [1.29, 1.82) is 0 Å². The van der Waals surface area contributed by atoms with Gasteiger partial charge in [-0.2, -0.15) is 5.10 Å². The lowest BCUT2D eigenvalue weighted by atomic mass is 10.2. The van der Waals surface area contributed by atoms with E-state index < -0.39 is 12.6 Å². The summed E-state index contributed by atoms with van der Waals surface area (Å²) in [5.41, 5.74) is 5.92. The summed E-state index contributed by atoms with van der Waals surface area (Å²) in [5.74, 6) is -0.277. The lowest BCUT2D eigenvalue weighted by Crippen LogP contribution is -2.17. The number of hydrazone groups is 1. The number of benzene rings is 3. The van der Waals surface area contributed by atoms with Crippen LogP contribution in [0.4, 0.5) is 0 Å². The van der Waals surface area contributed by atoms with Gasteiger partial charge in [0.15, 0.2) is 6.61 Å². The molecule has 2 N–H and O–H groups in total. The third-order valence-corrected chi connectivity index (χ3v) is 4.26. The number of carboxylic acids is 1. The standard InChI is InChI=1S/C24H22N2O5/c1-17-2-4-19(5-3-17)15-30-22-12-8-20(9-13-22)24(29)26-25-14-18-6-10-21(11-7-18)31-16-23(27)28/h2-14H,15-16H2,1H3,(H,26,29)(H,27,28)/b25-14+. The molecule has 158 valence electrons. The van der Waals surface area contributed by atoms with E-state index in [1.165, 1.54) is 11.8 Å². The van der Waals surface area contributed by atoms with E-state index in [4.69, 9.17) is 14.6 Å². The van der Waals surface area contributed by atoms with Crippen LogP contribution in [0.5, 0.6) is 11.5 Å². The van der Waals surface area contributed by atoms with Gasteiger partial charge in [-0.15, -0.1) is 0 Å². The highest BCUT2D eigenvalue weighted by Crippen LogP contribution is 2.15. The predicted octanol–water partition coefficient (Wildman–Crippen LogP) is 3.80. The number of rotatable bonds is 9. The molecule has 3 aromatic carbocycles. The largest absolute Gasteiger partial charge is 0.489 e. The number of ether oxygens (including phenoxy) is 2. The van der Waals surface area contributed by atoms with Crippen molar-refractivity contribution in [1.82, 2.24) is 5.43 Å². The quantitative estimate of drug-likeness (QED) is 0.407. The van der Waals surface area contributed by atoms with Crippen LogP contribution in [0.1, 0.15) is 27.0 Å². The zero-order chi connectivity index (χ0) is 22.1. The van der Waals surface area contributed by atoms with E-state index in [1.54, 1.807) is 48.5 Å². The van der Waals surface area contributed by atoms with Crippen LogP contribution in [0.15, 0.2) is 77.9 Å². The molecule has 3 aromatic rings. The molecule has 7 heteroatoms. The van der Waals surface area contributed by atoms with Gasteiger partial charge in [0.25, 0.3) is 5.91 Å². The van der Waals surface area contributed by atoms with Crippen molar-refractivity contribution in [3.63, 3.8) is 0 Å². The van der Waals surface area contributed by atoms with E-state index in [0.29, 0.717) is 23.7 Å². The minimum Gasteiger partial charge on any atom is -0.489 e. The van der Waals surface area contributed by atoms with Gasteiger partial charge in [-0.25, -0.2) is 10.2 Å². The second-order valence-electron chi connectivity index (χ2n) is 6.75. The molecule has 0 fully saturated rings. The van der Waals surface area contributed by atoms with Crippen molar-refractivity contribution in [3.8, 4) is 11.5 Å². The van der Waals surface area contributed by atoms with Crippen LogP contribution in [-0.2, 0) is 11.4 Å². The molecule has 0 heterocycles. The highest BCUT2D eigenvalue weighted by atomic mass is 16.5. The van der Waals surface area contributed by atoms with Gasteiger partial charge in [-0.05, 0) is 66.6 Å². The number of nitrogens with zero attached hydrogens (tertiary/aromatic N) is 1. The van der Waals surface area contributed by atoms with Crippen LogP contribution in [0.2, 0.25) is 0 Å². The van der Waals surface area contributed by atoms with Gasteiger partial charge in [-0.1, -0.05) is 29.8 Å². The van der Waals surface area contributed by atoms with Crippen molar-refractivity contribution in [2.75, 3.05) is 6.61 Å². The summed E-state index contributed by atoms with van der Waals surface area (Å²) in [6.07, 6.45) is 1.48. The fourth-order valence-electron chi connectivity index (χ4n) is 2.58. The van der Waals surface area contributed by atoms with E-state index >= 15 is 0 Å². The summed E-state index contributed by atoms with van der Waals surface area (Å²) in [6.45, 7) is 2.09. The van der Waals surface area contributed by atoms with Gasteiger partial charge in [0.2, 0.25) is 0 Å². The Morgan fingerprint density at radius 2 is 1.52 bits per heavy atom. The second kappa shape index (κ2) is 10.6. The smallest absolute Gasteiger partial charge is 0.341 e. The highest BCUT2D eigenvalue weighted by Gasteiger charge is 2.05. The second-order valence-corrected chi connectivity index (χ2v) is 6.75. The van der Waals surface area contributed by atoms with E-state index in [2.05, 4.69) is 10.5 Å². The normalized spacial score (nSPS) is 10.6. The number of hydrogen-bond acceptors (Lipinski definition) is 5. The Hall–Kier alpha value is -4.13. The van der Waals surface area contributed by atoms with Gasteiger partial charge in [0.05, 0.1) is 6.21 Å². The van der Waals surface area contributed by atoms with Crippen LogP contribution in [-0.4, -0.2) is 29.8 Å². The molecule has 7 nitrogen and oxygen atoms in total. The molecule has 3 rings (SSSR count). The topological polar surface area (TPSA) is 97.2 Å². The summed E-state index contributed by atoms with van der Waals surface area (Å²) < 4.78 is 10.8. The van der Waals surface area contributed by atoms with Crippen molar-refractivity contribution in [3.05, 3.63) is 95.1 Å². The van der Waals surface area contributed by atoms with Crippen LogP contribution in [0.3, 0.4) is 0 Å². The van der Waals surface area contributed by atoms with Crippen LogP contribution < -0.4 is 14.9 Å². The number of hydrogen-bond donors (Lipinski definition) is 2. The molecule has 0 aliphatic rings. The zero-order valence-corrected chi connectivity index (χ0v) is 16.9. The van der Waals surface area contributed by atoms with Crippen molar-refractivity contribution in [2.45, 2.75) is 13.5 Å². The molecule has 31 heavy (non-hydrogen) atoms. The number of carbonyl (C=O) groups excluding carboxylic acids is 1. The molecule has 0 aliphatic carbocycles. The lowest BCUT2D eigenvalue weighted by Gasteiger charge is -2.07. The SMILES string of the molecule is Cc1ccc(COc2ccc(C(=O)N/N=C/c3ccc(OCC(=O)O)cc3)cc2)cc1. The molecule has 0 atom stereocenters. The fourth-order valence-corrected chi connectivity index (χ4v) is 2.58. The predicted molar refractivity (Wildman–Crippen MR) is 117 cm³/mol. The van der Waals surface area contributed by atoms with Gasteiger partial charge in [-0.3, -0.25) is 4.79 Å². The lowest BCUT2D eigenvalue weighted by molar-refractivity contribution is -0.139. The molecule has 0 spiro atoms. The first-order valence-corrected chi connectivity index (χ1v) is 9.56. The average molecular weight is 418 g/mol. The number of aryl methyl sites for hydroxylation is 1. The molecular formula is C24H22N2O5. The van der Waals surface area contributed by atoms with Gasteiger partial charge >= 0.3 is 5.97 Å². The average Bonchev–Trinajstić information content (AvgIpc) is 2.78. The highest BCUT2D eigenvalue weighted by molar-refractivity contribution is 5.95. The Labute approximate surface area is 179 Å². The number of nitrogens with one attached hydrogen (secondary N) is 1. The van der Waals surface area contributed by atoms with Crippen molar-refractivity contribution in [2.24, 2.45) is 5.10 Å². The number of aliphatic carboxylic acids is 1. The molecule has 0 aromatic heterocycles. The fraction of sp³-hybridized carbons (Fsp3) is 0.125. The Bertz CT molecular complexity index is 1040. The molecule has 0 aliphatic heterocycles. The summed E-state index contributed by atoms with van der Waals surface area (Å²) in [5, 5.41) is 12.5. The minimum atomic E-state index is -1.04. The molecule has 0 bridgehead atoms. The van der Waals surface area contributed by atoms with E-state index in [0.717, 1.165) is 11.1 Å². The maximum atomic E-state index is 12.2. The summed E-state index contributed by atoms with van der Waals surface area (Å²) in [7, 11) is 0. The first kappa shape index (κ1) is 21.6. The molecular weight excluding hydrogens is 396 g/mol. The molecule has 1 amide bonds. The molecule has 0 saturated heterocycles. The Balaban J connectivity index is 1.47. The maximum Gasteiger partial charge on any atom is 0.341 e. The Morgan fingerprint density at radius 3 is 2.16 bits per heavy atom. The summed E-state index contributed by atoms with van der Waals surface area (Å²) in [4.78, 5) is 22.7. The van der Waals surface area contributed by atoms with Crippen molar-refractivity contribution < 1.29 is 24.2 Å². The number of amides is 1. The van der Waals surface area contributed by atoms with E-state index in [1.807, 2.05) is 31.2 Å². The minimum absolute atomic E-state index is 0.345. The van der Waals surface area contributed by atoms with Crippen LogP contribution in [0, 0.1) is 6.92 Å². The molecule has 0 unspecified atom stereocenters. The van der Waals surface area contributed by atoms with Crippen LogP contribution in [0.25, 0.3) is 0 Å². The monoisotopic (exact) mass is 418 g/mol.